The molecule has 4 heterocycles. The summed E-state index contributed by atoms with van der Waals surface area (Å²) < 4.78 is 5.50. The zero-order valence-corrected chi connectivity index (χ0v) is 37.2. The lowest BCUT2D eigenvalue weighted by molar-refractivity contribution is -0.145. The number of fused-ring (bicyclic) bond motifs is 2. The Morgan fingerprint density at radius 2 is 1.71 bits per heavy atom. The van der Waals surface area contributed by atoms with Crippen LogP contribution in [0.3, 0.4) is 0 Å². The molecular formula is C46H63N9O8. The van der Waals surface area contributed by atoms with E-state index in [4.69, 9.17) is 4.74 Å². The fraction of sp³-hybridized carbons (Fsp3) is 0.630. The number of amides is 6. The molecule has 5 fully saturated rings. The van der Waals surface area contributed by atoms with Gasteiger partial charge in [0.25, 0.3) is 11.8 Å². The molecule has 1 aromatic carbocycles. The topological polar surface area (TPSA) is 212 Å². The molecule has 5 aliphatic rings. The zero-order valence-electron chi connectivity index (χ0n) is 37.2. The van der Waals surface area contributed by atoms with Gasteiger partial charge in [0.05, 0.1) is 31.9 Å². The minimum atomic E-state index is -1.19. The molecule has 6 amide bonds. The third kappa shape index (κ3) is 9.87. The second kappa shape index (κ2) is 19.1. The molecule has 0 radical (unpaired) electrons. The molecule has 7 rings (SSSR count). The minimum Gasteiger partial charge on any atom is -0.497 e. The molecule has 1 spiro atoms. The predicted octanol–water partition coefficient (Wildman–Crippen LogP) is 2.63. The van der Waals surface area contributed by atoms with E-state index in [0.29, 0.717) is 38.0 Å². The van der Waals surface area contributed by atoms with Crippen molar-refractivity contribution >= 4 is 41.2 Å². The van der Waals surface area contributed by atoms with Crippen LogP contribution in [0.15, 0.2) is 42.9 Å². The summed E-state index contributed by atoms with van der Waals surface area (Å²) in [5.74, 6) is -3.46. The van der Waals surface area contributed by atoms with Crippen molar-refractivity contribution in [2.75, 3.05) is 20.2 Å². The molecule has 63 heavy (non-hydrogen) atoms. The number of methoxy groups -OCH3 is 1. The molecule has 0 bridgehead atoms. The lowest BCUT2D eigenvalue weighted by atomic mass is 9.82. The molecule has 340 valence electrons. The number of hydrogen-bond donors (Lipinski definition) is 4. The molecule has 4 N–H and O–H groups in total. The number of benzene rings is 1. The van der Waals surface area contributed by atoms with Gasteiger partial charge in [-0.25, -0.2) is 4.98 Å². The maximum atomic E-state index is 15.5. The largest absolute Gasteiger partial charge is 0.497 e. The highest BCUT2D eigenvalue weighted by Gasteiger charge is 2.65. The van der Waals surface area contributed by atoms with Gasteiger partial charge in [0.15, 0.2) is 0 Å². The van der Waals surface area contributed by atoms with Crippen LogP contribution < -0.4 is 26.0 Å². The second-order valence-corrected chi connectivity index (χ2v) is 19.0. The minimum absolute atomic E-state index is 0.0295. The van der Waals surface area contributed by atoms with Gasteiger partial charge in [-0.2, -0.15) is 0 Å². The monoisotopic (exact) mass is 869 g/mol. The Bertz CT molecular complexity index is 2050. The molecule has 2 aromatic rings. The Morgan fingerprint density at radius 3 is 2.38 bits per heavy atom. The average Bonchev–Trinajstić information content (AvgIpc) is 3.70. The van der Waals surface area contributed by atoms with Crippen LogP contribution in [0.4, 0.5) is 0 Å². The molecule has 17 heteroatoms. The normalized spacial score (nSPS) is 24.0. The highest BCUT2D eigenvalue weighted by molar-refractivity contribution is 6.38. The molecule has 3 saturated heterocycles. The molecule has 17 nitrogen and oxygen atoms in total. The number of ketones is 1. The van der Waals surface area contributed by atoms with Gasteiger partial charge in [-0.05, 0) is 74.0 Å². The van der Waals surface area contributed by atoms with Crippen LogP contribution in [0, 0.1) is 11.3 Å². The predicted molar refractivity (Wildman–Crippen MR) is 230 cm³/mol. The maximum absolute atomic E-state index is 15.5. The first-order chi connectivity index (χ1) is 30.1. The van der Waals surface area contributed by atoms with Crippen molar-refractivity contribution in [3.8, 4) is 5.75 Å². The first-order valence-electron chi connectivity index (χ1n) is 22.7. The van der Waals surface area contributed by atoms with Crippen molar-refractivity contribution < 1.29 is 38.3 Å². The second-order valence-electron chi connectivity index (χ2n) is 19.0. The first kappa shape index (κ1) is 45.6. The smallest absolute Gasteiger partial charge is 0.289 e. The van der Waals surface area contributed by atoms with Crippen LogP contribution in [0.1, 0.15) is 121 Å². The lowest BCUT2D eigenvalue weighted by Gasteiger charge is -2.41. The SMILES string of the molecule is CCCC(NC(=O)[C@@H]1CC2(CN1C(=O)[C@@H](NC(=O)[C@@H](NC(=O)c1cnccn1)C1CCCCC1)C(C)(C)C)N(Cc1cccc(OC)c1)C(=O)[C@@H]1CCCN12)C(=O)C(=O)NC1CC1. The van der Waals surface area contributed by atoms with Crippen molar-refractivity contribution in [1.29, 1.82) is 0 Å². The number of nitrogens with zero attached hydrogens (tertiary/aromatic N) is 5. The third-order valence-corrected chi connectivity index (χ3v) is 13.5. The maximum Gasteiger partial charge on any atom is 0.289 e. The van der Waals surface area contributed by atoms with Gasteiger partial charge in [0.2, 0.25) is 29.4 Å². The molecular weight excluding hydrogens is 807 g/mol. The Labute approximate surface area is 369 Å². The van der Waals surface area contributed by atoms with Crippen LogP contribution >= 0.6 is 0 Å². The quantitative estimate of drug-likeness (QED) is 0.180. The fourth-order valence-electron chi connectivity index (χ4n) is 9.99. The number of aromatic nitrogens is 2. The molecule has 2 unspecified atom stereocenters. The van der Waals surface area contributed by atoms with E-state index < -0.39 is 76.6 Å². The van der Waals surface area contributed by atoms with Gasteiger partial charge in [0.1, 0.15) is 35.2 Å². The van der Waals surface area contributed by atoms with Gasteiger partial charge in [-0.15, -0.1) is 0 Å². The lowest BCUT2D eigenvalue weighted by Crippen LogP contribution is -2.62. The fourth-order valence-corrected chi connectivity index (χ4v) is 9.99. The molecule has 3 aliphatic heterocycles. The molecule has 2 saturated carbocycles. The summed E-state index contributed by atoms with van der Waals surface area (Å²) in [4.78, 5) is 113. The summed E-state index contributed by atoms with van der Waals surface area (Å²) in [5.41, 5.74) is -1.16. The highest BCUT2D eigenvalue weighted by Crippen LogP contribution is 2.47. The Kier molecular flexibility index (Phi) is 13.8. The number of Topliss-reactive ketones (excluding diaryl/α,β-unsaturated/α-hetero) is 1. The van der Waals surface area contributed by atoms with Gasteiger partial charge in [-0.1, -0.05) is 65.5 Å². The van der Waals surface area contributed by atoms with Crippen LogP contribution in [-0.4, -0.2) is 128 Å². The standard InChI is InChI=1S/C46H63N9O8/c1-6-12-32(37(56)42(60)49-30-18-19-30)50-40(58)35-24-46(54-22-11-17-34(54)43(61)55(46)26-28-13-10-16-31(23-28)63-5)27-53(35)44(62)38(45(2,3)4)52-41(59)36(29-14-8-7-9-15-29)51-39(57)33-25-47-20-21-48-33/h10,13,16,20-21,23,25,29-30,32,34-36,38H,6-9,11-12,14-15,17-19,22,24,26-27H2,1-5H3,(H,49,60)(H,50,58)(H,51,57)(H,52,59)/t32?,34-,35-,36-,38+,46?/m0/s1. The van der Waals surface area contributed by atoms with Crippen molar-refractivity contribution in [2.24, 2.45) is 11.3 Å². The number of carbonyl (C=O) groups is 7. The number of ether oxygens (including phenoxy) is 1. The Morgan fingerprint density at radius 1 is 0.952 bits per heavy atom. The van der Waals surface area contributed by atoms with E-state index in [1.807, 2.05) is 52.0 Å². The van der Waals surface area contributed by atoms with E-state index >= 15 is 4.79 Å². The van der Waals surface area contributed by atoms with Gasteiger partial charge >= 0.3 is 0 Å². The first-order valence-corrected chi connectivity index (χ1v) is 22.7. The summed E-state index contributed by atoms with van der Waals surface area (Å²) in [5, 5.41) is 11.5. The van der Waals surface area contributed by atoms with E-state index in [1.165, 1.54) is 23.5 Å². The average molecular weight is 870 g/mol. The number of nitrogens with one attached hydrogen (secondary N) is 4. The van der Waals surface area contributed by atoms with E-state index in [-0.39, 0.29) is 49.5 Å². The van der Waals surface area contributed by atoms with E-state index in [9.17, 15) is 28.8 Å². The van der Waals surface area contributed by atoms with E-state index in [2.05, 4.69) is 36.1 Å². The van der Waals surface area contributed by atoms with Crippen molar-refractivity contribution in [1.82, 2.24) is 45.9 Å². The third-order valence-electron chi connectivity index (χ3n) is 13.5. The summed E-state index contributed by atoms with van der Waals surface area (Å²) in [7, 11) is 1.57. The molecule has 6 atom stereocenters. The highest BCUT2D eigenvalue weighted by atomic mass is 16.5. The van der Waals surface area contributed by atoms with E-state index in [1.54, 1.807) is 12.0 Å². The van der Waals surface area contributed by atoms with Crippen LogP contribution in [-0.2, 0) is 35.3 Å². The van der Waals surface area contributed by atoms with Crippen molar-refractivity contribution in [2.45, 2.75) is 153 Å². The number of rotatable bonds is 16. The summed E-state index contributed by atoms with van der Waals surface area (Å²) in [6, 6.07) is 2.40. The number of hydrogen-bond acceptors (Lipinski definition) is 11. The summed E-state index contributed by atoms with van der Waals surface area (Å²) >= 11 is 0. The Balaban J connectivity index is 1.23. The Hall–Kier alpha value is -5.45. The summed E-state index contributed by atoms with van der Waals surface area (Å²) in [6.07, 6.45) is 12.0. The van der Waals surface area contributed by atoms with E-state index in [0.717, 1.165) is 44.1 Å². The number of likely N-dealkylation sites (tertiary alicyclic amines) is 1. The van der Waals surface area contributed by atoms with Crippen molar-refractivity contribution in [3.63, 3.8) is 0 Å². The van der Waals surface area contributed by atoms with Crippen molar-refractivity contribution in [3.05, 3.63) is 54.1 Å². The molecule has 1 aromatic heterocycles. The van der Waals surface area contributed by atoms with Crippen LogP contribution in [0.2, 0.25) is 0 Å². The van der Waals surface area contributed by atoms with Gasteiger partial charge in [0, 0.05) is 37.9 Å². The summed E-state index contributed by atoms with van der Waals surface area (Å²) in [6.45, 7) is 8.02. The van der Waals surface area contributed by atoms with Crippen LogP contribution in [0.25, 0.3) is 0 Å². The van der Waals surface area contributed by atoms with Gasteiger partial charge < -0.3 is 35.8 Å². The zero-order chi connectivity index (χ0) is 45.1. The molecule has 2 aliphatic carbocycles. The van der Waals surface area contributed by atoms with Crippen LogP contribution in [0.5, 0.6) is 5.75 Å². The van der Waals surface area contributed by atoms with Gasteiger partial charge in [-0.3, -0.25) is 43.4 Å². The number of carbonyl (C=O) groups excluding carboxylic acids is 7.